The van der Waals surface area contributed by atoms with Crippen molar-refractivity contribution in [3.8, 4) is 0 Å². The minimum Gasteiger partial charge on any atom is -0.461 e. The predicted octanol–water partition coefficient (Wildman–Crippen LogP) is 16.0. The van der Waals surface area contributed by atoms with Crippen LogP contribution >= 0.6 is 0 Å². The van der Waals surface area contributed by atoms with Crippen molar-refractivity contribution in [3.05, 3.63) is 127 Å². The summed E-state index contributed by atoms with van der Waals surface area (Å²) >= 11 is 0. The Balaban J connectivity index is -0.000000486. The van der Waals surface area contributed by atoms with Crippen molar-refractivity contribution in [2.75, 3.05) is 0 Å². The van der Waals surface area contributed by atoms with Gasteiger partial charge in [0.25, 0.3) is 0 Å². The number of hydrogen-bond donors (Lipinski definition) is 0. The van der Waals surface area contributed by atoms with Gasteiger partial charge in [0.05, 0.1) is 24.2 Å². The smallest absolute Gasteiger partial charge is 0.173 e. The van der Waals surface area contributed by atoms with Crippen molar-refractivity contribution in [3.63, 3.8) is 0 Å². The second-order valence-electron chi connectivity index (χ2n) is 17.0. The molecule has 0 aromatic heterocycles. The van der Waals surface area contributed by atoms with E-state index in [4.69, 9.17) is 8.23 Å². The lowest BCUT2D eigenvalue weighted by Gasteiger charge is -2.36. The van der Waals surface area contributed by atoms with E-state index in [1.165, 1.54) is 73.3 Å². The molecule has 0 bridgehead atoms. The SMILES string of the molecule is C.C=CC[Si](CC=C)(CC=C)CC=C.C=CC[Si](CC=C)(CC=C)CCC[Si](C)(C)O[Si](C)(C)CCC[Si](CC=C)(CC=C)CC=C.C[SiH](C)O[SiH](C)C. The van der Waals surface area contributed by atoms with Gasteiger partial charge in [-0.2, -0.15) is 0 Å². The second-order valence-corrected chi connectivity index (χ2v) is 45.2. The van der Waals surface area contributed by atoms with E-state index in [0.717, 1.165) is 24.2 Å². The van der Waals surface area contributed by atoms with E-state index in [1.54, 1.807) is 0 Å². The van der Waals surface area contributed by atoms with Crippen LogP contribution in [0.15, 0.2) is 127 Å². The van der Waals surface area contributed by atoms with Gasteiger partial charge in [-0.25, -0.2) is 0 Å². The Bertz CT molecular complexity index is 919. The van der Waals surface area contributed by atoms with Gasteiger partial charge in [0.15, 0.2) is 34.7 Å². The molecule has 0 aliphatic heterocycles. The number of rotatable bonds is 32. The molecule has 0 aliphatic rings. The van der Waals surface area contributed by atoms with Crippen LogP contribution in [0.5, 0.6) is 0 Å². The molecule has 0 unspecified atom stereocenters. The van der Waals surface area contributed by atoms with Crippen LogP contribution in [-0.4, -0.2) is 58.9 Å². The van der Waals surface area contributed by atoms with E-state index >= 15 is 0 Å². The van der Waals surface area contributed by atoms with Gasteiger partial charge in [-0.1, -0.05) is 93.1 Å². The van der Waals surface area contributed by atoms with Crippen LogP contribution in [0.3, 0.4) is 0 Å². The molecule has 0 saturated heterocycles. The summed E-state index contributed by atoms with van der Waals surface area (Å²) in [5, 5.41) is 0. The van der Waals surface area contributed by atoms with E-state index < -0.39 is 58.9 Å². The Morgan fingerprint density at radius 2 is 0.574 bits per heavy atom. The van der Waals surface area contributed by atoms with E-state index in [1.807, 2.05) is 24.3 Å². The maximum Gasteiger partial charge on any atom is 0.173 e. The summed E-state index contributed by atoms with van der Waals surface area (Å²) in [6.45, 7) is 58.1. The average molecular weight is 862 g/mol. The lowest BCUT2D eigenvalue weighted by Crippen LogP contribution is -2.45. The third-order valence-electron chi connectivity index (χ3n) is 9.84. The highest BCUT2D eigenvalue weighted by molar-refractivity contribution is 6.85. The Morgan fingerprint density at radius 1 is 0.370 bits per heavy atom. The third kappa shape index (κ3) is 30.0. The van der Waals surface area contributed by atoms with Crippen molar-refractivity contribution in [1.82, 2.24) is 0 Å². The van der Waals surface area contributed by atoms with Crippen LogP contribution in [0, 0.1) is 0 Å². The highest BCUT2D eigenvalue weighted by Gasteiger charge is 2.36. The minimum atomic E-state index is -1.68. The van der Waals surface area contributed by atoms with E-state index in [-0.39, 0.29) is 7.43 Å². The fourth-order valence-corrected chi connectivity index (χ4v) is 33.0. The Kier molecular flexibility index (Phi) is 37.4. The first-order valence-electron chi connectivity index (χ1n) is 20.3. The van der Waals surface area contributed by atoms with E-state index in [0.29, 0.717) is 0 Å². The van der Waals surface area contributed by atoms with Gasteiger partial charge in [-0.3, -0.25) is 0 Å². The van der Waals surface area contributed by atoms with Crippen LogP contribution < -0.4 is 0 Å². The second kappa shape index (κ2) is 33.9. The molecule has 9 heteroatoms. The van der Waals surface area contributed by atoms with Gasteiger partial charge >= 0.3 is 0 Å². The molecule has 0 N–H and O–H groups in total. The molecule has 0 amide bonds. The molecule has 0 aromatic rings. The molecule has 0 radical (unpaired) electrons. The maximum absolute atomic E-state index is 7.00. The molecule has 0 rings (SSSR count). The number of allylic oxidation sites excluding steroid dienone is 10. The van der Waals surface area contributed by atoms with E-state index in [9.17, 15) is 0 Å². The monoisotopic (exact) mass is 861 g/mol. The van der Waals surface area contributed by atoms with Crippen LogP contribution in [0.2, 0.25) is 137 Å². The molecule has 0 saturated carbocycles. The van der Waals surface area contributed by atoms with E-state index in [2.05, 4.69) is 155 Å². The molecular weight excluding hydrogens is 769 g/mol. The minimum absolute atomic E-state index is 0. The summed E-state index contributed by atoms with van der Waals surface area (Å²) in [7, 11) is -8.79. The molecule has 0 spiro atoms. The van der Waals surface area contributed by atoms with Gasteiger partial charge in [-0.05, 0) is 125 Å². The summed E-state index contributed by atoms with van der Waals surface area (Å²) in [5.74, 6) is 0. The molecule has 312 valence electrons. The van der Waals surface area contributed by atoms with Gasteiger partial charge in [0.2, 0.25) is 0 Å². The highest BCUT2D eigenvalue weighted by atomic mass is 28.4. The van der Waals surface area contributed by atoms with Gasteiger partial charge in [-0.15, -0.1) is 65.8 Å². The van der Waals surface area contributed by atoms with Crippen molar-refractivity contribution >= 4 is 58.9 Å². The topological polar surface area (TPSA) is 18.5 Å². The fraction of sp³-hybridized carbons (Fsp3) is 0.556. The molecule has 0 heterocycles. The zero-order chi connectivity index (χ0) is 41.5. The molecule has 0 aromatic carbocycles. The van der Waals surface area contributed by atoms with Crippen LogP contribution in [0.1, 0.15) is 20.3 Å². The summed E-state index contributed by atoms with van der Waals surface area (Å²) in [6.07, 6.45) is 23.4. The highest BCUT2D eigenvalue weighted by Crippen LogP contribution is 2.34. The molecular formula is C45H92O2Si7. The molecule has 54 heavy (non-hydrogen) atoms. The standard InChI is InChI=1S/C28H54OSi4.C12H20Si.C4H14OSi2.CH4/c1-11-19-32(20-12-2,21-13-3)27-17-25-30(7,8)29-31(9,10)26-18-28-33(22-14-4,23-15-5)24-16-6;1-5-9-13(10-6-2,11-7-3)12-8-4;1-6(2)5-7(3)4;/h11-16H,1-6,17-28H2,7-10H3;5-8H,1-4,9-12H2;6-7H,1-4H3;1H4. The first-order chi connectivity index (χ1) is 24.9. The lowest BCUT2D eigenvalue weighted by molar-refractivity contribution is 0.533. The zero-order valence-electron chi connectivity index (χ0n) is 36.6. The Labute approximate surface area is 348 Å². The Morgan fingerprint density at radius 3 is 0.741 bits per heavy atom. The quantitative estimate of drug-likeness (QED) is 0.0496. The molecule has 0 fully saturated rings. The van der Waals surface area contributed by atoms with Crippen LogP contribution in [-0.2, 0) is 8.23 Å². The summed E-state index contributed by atoms with van der Waals surface area (Å²) in [6, 6.07) is 16.7. The van der Waals surface area contributed by atoms with Gasteiger partial charge in [0, 0.05) is 0 Å². The molecule has 2 nitrogen and oxygen atoms in total. The first-order valence-corrected chi connectivity index (χ1v) is 40.6. The summed E-state index contributed by atoms with van der Waals surface area (Å²) in [4.78, 5) is 0. The average Bonchev–Trinajstić information content (AvgIpc) is 3.02. The fourth-order valence-electron chi connectivity index (χ4n) is 7.85. The molecule has 0 aliphatic carbocycles. The molecule has 0 atom stereocenters. The largest absolute Gasteiger partial charge is 0.461 e. The third-order valence-corrected chi connectivity index (χ3v) is 36.1. The Hall–Kier alpha value is -1.16. The lowest BCUT2D eigenvalue weighted by atomic mass is 10.6. The van der Waals surface area contributed by atoms with Crippen LogP contribution in [0.25, 0.3) is 0 Å². The summed E-state index contributed by atoms with van der Waals surface area (Å²) < 4.78 is 12.5. The van der Waals surface area contributed by atoms with Gasteiger partial charge in [0.1, 0.15) is 0 Å². The van der Waals surface area contributed by atoms with Crippen molar-refractivity contribution < 1.29 is 8.23 Å². The van der Waals surface area contributed by atoms with Crippen molar-refractivity contribution in [2.45, 2.75) is 157 Å². The predicted molar refractivity (Wildman–Crippen MR) is 277 cm³/mol. The zero-order valence-corrected chi connectivity index (χ0v) is 43.9. The maximum atomic E-state index is 7.00. The number of hydrogen-bond acceptors (Lipinski definition) is 2. The first kappa shape index (κ1) is 59.5. The van der Waals surface area contributed by atoms with Crippen molar-refractivity contribution in [2.24, 2.45) is 0 Å². The van der Waals surface area contributed by atoms with Gasteiger partial charge < -0.3 is 8.23 Å². The summed E-state index contributed by atoms with van der Waals surface area (Å²) in [5.41, 5.74) is 0. The van der Waals surface area contributed by atoms with Crippen LogP contribution in [0.4, 0.5) is 0 Å². The van der Waals surface area contributed by atoms with Crippen molar-refractivity contribution in [1.29, 1.82) is 0 Å². The normalized spacial score (nSPS) is 11.7.